The summed E-state index contributed by atoms with van der Waals surface area (Å²) in [6.07, 6.45) is 2.03. The minimum atomic E-state index is -0.153. The van der Waals surface area contributed by atoms with Crippen molar-refractivity contribution >= 4 is 40.0 Å². The third-order valence-corrected chi connectivity index (χ3v) is 4.95. The lowest BCUT2D eigenvalue weighted by atomic mass is 10.2. The average Bonchev–Trinajstić information content (AvgIpc) is 2.69. The molecule has 1 aromatic heterocycles. The summed E-state index contributed by atoms with van der Waals surface area (Å²) >= 11 is 3.02. The number of carbonyl (C=O) groups is 1. The molecule has 7 heteroatoms. The molecule has 1 amide bonds. The molecule has 1 heterocycles. The Morgan fingerprint density at radius 1 is 1.56 bits per heavy atom. The van der Waals surface area contributed by atoms with Gasteiger partial charge in [-0.25, -0.2) is 4.98 Å². The number of amides is 1. The van der Waals surface area contributed by atoms with E-state index >= 15 is 0 Å². The number of nitrogen functional groups attached to an aromatic ring is 1. The van der Waals surface area contributed by atoms with E-state index in [2.05, 4.69) is 24.1 Å². The van der Waals surface area contributed by atoms with Crippen LogP contribution >= 0.6 is 23.1 Å². The zero-order valence-corrected chi connectivity index (χ0v) is 13.0. The first kappa shape index (κ1) is 15.1. The quantitative estimate of drug-likeness (QED) is 0.862. The second-order valence-electron chi connectivity index (χ2n) is 4.75. The van der Waals surface area contributed by atoms with Crippen molar-refractivity contribution in [1.82, 2.24) is 10.3 Å². The van der Waals surface area contributed by atoms with Gasteiger partial charge in [0.2, 0.25) is 0 Å². The van der Waals surface area contributed by atoms with Crippen molar-refractivity contribution in [3.8, 4) is 0 Å². The zero-order chi connectivity index (χ0) is 13.9. The van der Waals surface area contributed by atoms with Gasteiger partial charge in [0.1, 0.15) is 10.7 Å². The monoisotopic (exact) mass is 288 g/mol. The van der Waals surface area contributed by atoms with Crippen molar-refractivity contribution in [2.24, 2.45) is 0 Å². The van der Waals surface area contributed by atoms with Gasteiger partial charge in [0.05, 0.1) is 0 Å². The standard InChI is InChI=1S/C11H20N4OS2/c1-11(2,17-5)6-13-9(16)7-8(12)14-10(18-7)15(3)4/h6,12H2,1-5H3,(H,13,16). The van der Waals surface area contributed by atoms with Gasteiger partial charge < -0.3 is 16.0 Å². The van der Waals surface area contributed by atoms with E-state index in [-0.39, 0.29) is 10.7 Å². The molecule has 0 aromatic carbocycles. The van der Waals surface area contributed by atoms with E-state index in [0.29, 0.717) is 17.2 Å². The molecular formula is C11H20N4OS2. The highest BCUT2D eigenvalue weighted by molar-refractivity contribution is 7.99. The maximum Gasteiger partial charge on any atom is 0.265 e. The van der Waals surface area contributed by atoms with Gasteiger partial charge in [0.25, 0.3) is 5.91 Å². The van der Waals surface area contributed by atoms with Crippen LogP contribution in [0.4, 0.5) is 10.9 Å². The lowest BCUT2D eigenvalue weighted by molar-refractivity contribution is 0.0955. The first-order valence-electron chi connectivity index (χ1n) is 5.54. The first-order valence-corrected chi connectivity index (χ1v) is 7.58. The smallest absolute Gasteiger partial charge is 0.265 e. The number of carbonyl (C=O) groups excluding carboxylic acids is 1. The summed E-state index contributed by atoms with van der Waals surface area (Å²) in [7, 11) is 3.74. The molecule has 0 fully saturated rings. The Balaban J connectivity index is 2.73. The molecule has 3 N–H and O–H groups in total. The Kier molecular flexibility index (Phi) is 4.86. The van der Waals surface area contributed by atoms with Gasteiger partial charge in [-0.05, 0) is 20.1 Å². The molecular weight excluding hydrogens is 268 g/mol. The Morgan fingerprint density at radius 3 is 2.61 bits per heavy atom. The second-order valence-corrected chi connectivity index (χ2v) is 7.24. The van der Waals surface area contributed by atoms with Gasteiger partial charge in [-0.15, -0.1) is 0 Å². The summed E-state index contributed by atoms with van der Waals surface area (Å²) in [4.78, 5) is 18.5. The highest BCUT2D eigenvalue weighted by atomic mass is 32.2. The van der Waals surface area contributed by atoms with Crippen LogP contribution in [-0.4, -0.2) is 42.5 Å². The van der Waals surface area contributed by atoms with Crippen LogP contribution in [0.2, 0.25) is 0 Å². The van der Waals surface area contributed by atoms with Crippen LogP contribution in [0.5, 0.6) is 0 Å². The van der Waals surface area contributed by atoms with E-state index in [4.69, 9.17) is 5.73 Å². The highest BCUT2D eigenvalue weighted by Gasteiger charge is 2.21. The van der Waals surface area contributed by atoms with Crippen molar-refractivity contribution in [2.75, 3.05) is 37.5 Å². The summed E-state index contributed by atoms with van der Waals surface area (Å²) in [6, 6.07) is 0. The number of anilines is 2. The fourth-order valence-electron chi connectivity index (χ4n) is 1.12. The van der Waals surface area contributed by atoms with E-state index in [1.165, 1.54) is 11.3 Å². The molecule has 0 unspecified atom stereocenters. The number of nitrogens with two attached hydrogens (primary N) is 1. The normalized spacial score (nSPS) is 11.4. The summed E-state index contributed by atoms with van der Waals surface area (Å²) in [5.74, 6) is 0.142. The molecule has 1 aromatic rings. The molecule has 0 radical (unpaired) electrons. The van der Waals surface area contributed by atoms with Gasteiger partial charge in [-0.1, -0.05) is 11.3 Å². The number of nitrogens with one attached hydrogen (secondary N) is 1. The van der Waals surface area contributed by atoms with Crippen molar-refractivity contribution < 1.29 is 4.79 Å². The SMILES string of the molecule is CSC(C)(C)CNC(=O)c1sc(N(C)C)nc1N. The van der Waals surface area contributed by atoms with Crippen LogP contribution < -0.4 is 16.0 Å². The molecule has 0 atom stereocenters. The van der Waals surface area contributed by atoms with Crippen LogP contribution in [0.1, 0.15) is 23.5 Å². The lowest BCUT2D eigenvalue weighted by Gasteiger charge is -2.21. The fourth-order valence-corrected chi connectivity index (χ4v) is 2.16. The molecule has 0 spiro atoms. The summed E-state index contributed by atoms with van der Waals surface area (Å²) in [6.45, 7) is 4.76. The Labute approximate surface area is 116 Å². The van der Waals surface area contributed by atoms with Crippen LogP contribution in [0.25, 0.3) is 0 Å². The van der Waals surface area contributed by atoms with E-state index in [9.17, 15) is 4.79 Å². The van der Waals surface area contributed by atoms with Crippen LogP contribution in [-0.2, 0) is 0 Å². The molecule has 0 saturated carbocycles. The van der Waals surface area contributed by atoms with E-state index in [1.807, 2.05) is 25.3 Å². The predicted molar refractivity (Wildman–Crippen MR) is 80.8 cm³/mol. The summed E-state index contributed by atoms with van der Waals surface area (Å²) in [5, 5.41) is 3.63. The molecule has 0 aliphatic heterocycles. The van der Waals surface area contributed by atoms with E-state index in [1.54, 1.807) is 11.8 Å². The van der Waals surface area contributed by atoms with Crippen LogP contribution in [0.15, 0.2) is 0 Å². The predicted octanol–water partition coefficient (Wildman–Crippen LogP) is 1.66. The average molecular weight is 288 g/mol. The number of hydrogen-bond acceptors (Lipinski definition) is 6. The fraction of sp³-hybridized carbons (Fsp3) is 0.636. The number of thiazole rings is 1. The third-order valence-electron chi connectivity index (χ3n) is 2.46. The number of aromatic nitrogens is 1. The largest absolute Gasteiger partial charge is 0.382 e. The molecule has 5 nitrogen and oxygen atoms in total. The number of nitrogens with zero attached hydrogens (tertiary/aromatic N) is 2. The van der Waals surface area contributed by atoms with Crippen molar-refractivity contribution in [2.45, 2.75) is 18.6 Å². The highest BCUT2D eigenvalue weighted by Crippen LogP contribution is 2.27. The van der Waals surface area contributed by atoms with Gasteiger partial charge in [0.15, 0.2) is 5.13 Å². The first-order chi connectivity index (χ1) is 8.26. The Hall–Kier alpha value is -0.950. The number of rotatable bonds is 5. The zero-order valence-electron chi connectivity index (χ0n) is 11.4. The third kappa shape index (κ3) is 3.78. The van der Waals surface area contributed by atoms with Gasteiger partial charge in [-0.3, -0.25) is 4.79 Å². The van der Waals surface area contributed by atoms with E-state index in [0.717, 1.165) is 5.13 Å². The molecule has 0 saturated heterocycles. The summed E-state index contributed by atoms with van der Waals surface area (Å²) < 4.78 is 0.0134. The topological polar surface area (TPSA) is 71.2 Å². The lowest BCUT2D eigenvalue weighted by Crippen LogP contribution is -2.36. The van der Waals surface area contributed by atoms with E-state index < -0.39 is 0 Å². The molecule has 18 heavy (non-hydrogen) atoms. The van der Waals surface area contributed by atoms with Gasteiger partial charge in [-0.2, -0.15) is 11.8 Å². The van der Waals surface area contributed by atoms with Crippen LogP contribution in [0.3, 0.4) is 0 Å². The molecule has 102 valence electrons. The molecule has 0 bridgehead atoms. The maximum atomic E-state index is 12.0. The Morgan fingerprint density at radius 2 is 2.17 bits per heavy atom. The minimum absolute atomic E-state index is 0.0134. The van der Waals surface area contributed by atoms with Crippen LogP contribution in [0, 0.1) is 0 Å². The maximum absolute atomic E-state index is 12.0. The van der Waals surface area contributed by atoms with Gasteiger partial charge in [0, 0.05) is 25.4 Å². The van der Waals surface area contributed by atoms with Gasteiger partial charge >= 0.3 is 0 Å². The molecule has 1 rings (SSSR count). The molecule has 0 aliphatic rings. The Bertz CT molecular complexity index is 429. The summed E-state index contributed by atoms with van der Waals surface area (Å²) in [5.41, 5.74) is 5.76. The minimum Gasteiger partial charge on any atom is -0.382 e. The number of thioether (sulfide) groups is 1. The van der Waals surface area contributed by atoms with Crippen molar-refractivity contribution in [3.05, 3.63) is 4.88 Å². The van der Waals surface area contributed by atoms with Crippen molar-refractivity contribution in [1.29, 1.82) is 0 Å². The van der Waals surface area contributed by atoms with Crippen molar-refractivity contribution in [3.63, 3.8) is 0 Å². The molecule has 0 aliphatic carbocycles. The number of hydrogen-bond donors (Lipinski definition) is 2. The second kappa shape index (κ2) is 5.79.